The molecule has 0 spiro atoms. The third kappa shape index (κ3) is 4.62. The van der Waals surface area contributed by atoms with Crippen molar-refractivity contribution in [2.24, 2.45) is 0 Å². The summed E-state index contributed by atoms with van der Waals surface area (Å²) in [5.74, 6) is 0.577. The Morgan fingerprint density at radius 1 is 1.25 bits per heavy atom. The van der Waals surface area contributed by atoms with Gasteiger partial charge >= 0.3 is 0 Å². The lowest BCUT2D eigenvalue weighted by Gasteiger charge is -2.25. The van der Waals surface area contributed by atoms with Crippen molar-refractivity contribution in [3.63, 3.8) is 0 Å². The van der Waals surface area contributed by atoms with Crippen LogP contribution in [0.2, 0.25) is 0 Å². The van der Waals surface area contributed by atoms with Crippen LogP contribution in [-0.4, -0.2) is 33.4 Å². The number of halogens is 2. The second-order valence-corrected chi connectivity index (χ2v) is 4.88. The normalized spacial score (nSPS) is 15.7. The first-order valence-electron chi connectivity index (χ1n) is 6.94. The average Bonchev–Trinajstić information content (AvgIpc) is 2.46. The maximum atomic E-state index is 13.9. The van der Waals surface area contributed by atoms with Crippen molar-refractivity contribution in [3.05, 3.63) is 29.6 Å². The Bertz CT molecular complexity index is 397. The van der Waals surface area contributed by atoms with Gasteiger partial charge in [0.15, 0.2) is 11.6 Å². The number of hydrogen-bond donors (Lipinski definition) is 1. The van der Waals surface area contributed by atoms with Gasteiger partial charge in [0, 0.05) is 25.7 Å². The van der Waals surface area contributed by atoms with Crippen molar-refractivity contribution in [1.29, 1.82) is 0 Å². The Balaban J connectivity index is 0.00000200. The summed E-state index contributed by atoms with van der Waals surface area (Å²) in [5, 5.41) is 3.33. The minimum Gasteiger partial charge on any atom is -0.490 e. The Morgan fingerprint density at radius 3 is 2.70 bits per heavy atom. The highest BCUT2D eigenvalue weighted by Gasteiger charge is 2.21. The molecule has 5 heteroatoms. The minimum absolute atomic E-state index is 0. The number of hydrogen-bond acceptors (Lipinski definition) is 3. The molecule has 0 unspecified atom stereocenters. The van der Waals surface area contributed by atoms with Gasteiger partial charge in [-0.2, -0.15) is 0 Å². The molecule has 0 radical (unpaired) electrons. The highest BCUT2D eigenvalue weighted by Crippen LogP contribution is 2.34. The molecule has 0 atom stereocenters. The van der Waals surface area contributed by atoms with E-state index >= 15 is 0 Å². The average molecular weight is 304 g/mol. The van der Waals surface area contributed by atoms with E-state index in [1.54, 1.807) is 13.2 Å². The predicted molar refractivity (Wildman–Crippen MR) is 80.5 cm³/mol. The van der Waals surface area contributed by atoms with E-state index in [9.17, 15) is 4.39 Å². The van der Waals surface area contributed by atoms with Crippen LogP contribution in [-0.2, 0) is 4.74 Å². The first kappa shape index (κ1) is 17.2. The van der Waals surface area contributed by atoms with Crippen LogP contribution in [0.3, 0.4) is 0 Å². The van der Waals surface area contributed by atoms with Gasteiger partial charge < -0.3 is 14.8 Å². The number of para-hydroxylation sites is 1. The zero-order chi connectivity index (χ0) is 13.5. The van der Waals surface area contributed by atoms with Crippen molar-refractivity contribution in [1.82, 2.24) is 5.32 Å². The zero-order valence-corrected chi connectivity index (χ0v) is 12.7. The van der Waals surface area contributed by atoms with E-state index in [4.69, 9.17) is 9.47 Å². The van der Waals surface area contributed by atoms with Crippen LogP contribution >= 0.6 is 12.4 Å². The summed E-state index contributed by atoms with van der Waals surface area (Å²) < 4.78 is 24.6. The van der Waals surface area contributed by atoms with Gasteiger partial charge in [-0.05, 0) is 37.9 Å². The summed E-state index contributed by atoms with van der Waals surface area (Å²) in [6.45, 7) is 3.11. The minimum atomic E-state index is -0.256. The van der Waals surface area contributed by atoms with Crippen LogP contribution < -0.4 is 10.1 Å². The third-order valence-electron chi connectivity index (χ3n) is 3.52. The van der Waals surface area contributed by atoms with Crippen molar-refractivity contribution in [2.75, 3.05) is 33.4 Å². The highest BCUT2D eigenvalue weighted by molar-refractivity contribution is 5.85. The summed E-state index contributed by atoms with van der Waals surface area (Å²) >= 11 is 0. The summed E-state index contributed by atoms with van der Waals surface area (Å²) in [6.07, 6.45) is 2.85. The fourth-order valence-electron chi connectivity index (χ4n) is 2.51. The highest BCUT2D eigenvalue weighted by atomic mass is 35.5. The van der Waals surface area contributed by atoms with Gasteiger partial charge in [-0.25, -0.2) is 4.39 Å². The molecule has 1 aromatic rings. The number of benzene rings is 1. The molecule has 1 saturated heterocycles. The molecule has 1 aromatic carbocycles. The van der Waals surface area contributed by atoms with E-state index in [1.807, 2.05) is 6.07 Å². The Labute approximate surface area is 126 Å². The largest absolute Gasteiger partial charge is 0.490 e. The van der Waals surface area contributed by atoms with E-state index in [1.165, 1.54) is 6.07 Å². The van der Waals surface area contributed by atoms with E-state index in [0.29, 0.717) is 24.9 Å². The predicted octanol–water partition coefficient (Wildman–Crippen LogP) is 3.13. The standard InChI is InChI=1S/C15H22FNO2.ClH/c1-18-10-3-11-19-15-13(4-2-5-14(15)16)12-6-8-17-9-7-12;/h2,4-5,12,17H,3,6-11H2,1H3;1H. The van der Waals surface area contributed by atoms with E-state index in [-0.39, 0.29) is 18.2 Å². The van der Waals surface area contributed by atoms with Gasteiger partial charge in [0.05, 0.1) is 6.61 Å². The van der Waals surface area contributed by atoms with Crippen molar-refractivity contribution < 1.29 is 13.9 Å². The lowest BCUT2D eigenvalue weighted by Crippen LogP contribution is -2.27. The molecular weight excluding hydrogens is 281 g/mol. The van der Waals surface area contributed by atoms with Crippen molar-refractivity contribution in [2.45, 2.75) is 25.2 Å². The maximum absolute atomic E-state index is 13.9. The zero-order valence-electron chi connectivity index (χ0n) is 11.9. The van der Waals surface area contributed by atoms with E-state index in [2.05, 4.69) is 5.32 Å². The topological polar surface area (TPSA) is 30.5 Å². The Hall–Kier alpha value is -0.840. The third-order valence-corrected chi connectivity index (χ3v) is 3.52. The van der Waals surface area contributed by atoms with Crippen LogP contribution in [0.25, 0.3) is 0 Å². The monoisotopic (exact) mass is 303 g/mol. The van der Waals surface area contributed by atoms with Gasteiger partial charge in [0.25, 0.3) is 0 Å². The van der Waals surface area contributed by atoms with Crippen LogP contribution in [0.5, 0.6) is 5.75 Å². The molecule has 1 aliphatic heterocycles. The summed E-state index contributed by atoms with van der Waals surface area (Å²) in [7, 11) is 1.66. The second-order valence-electron chi connectivity index (χ2n) is 4.88. The fourth-order valence-corrected chi connectivity index (χ4v) is 2.51. The molecule has 0 aliphatic carbocycles. The molecule has 1 N–H and O–H groups in total. The molecule has 1 heterocycles. The lowest BCUT2D eigenvalue weighted by atomic mass is 9.89. The van der Waals surface area contributed by atoms with Crippen LogP contribution in [0.15, 0.2) is 18.2 Å². The molecule has 0 saturated carbocycles. The molecule has 1 aliphatic rings. The second kappa shape index (κ2) is 9.16. The number of methoxy groups -OCH3 is 1. The Morgan fingerprint density at radius 2 is 2.00 bits per heavy atom. The molecule has 3 nitrogen and oxygen atoms in total. The molecule has 1 fully saturated rings. The van der Waals surface area contributed by atoms with Crippen LogP contribution in [0.4, 0.5) is 4.39 Å². The SMILES string of the molecule is COCCCOc1c(F)cccc1C1CCNCC1.Cl. The van der Waals surface area contributed by atoms with Crippen LogP contribution in [0.1, 0.15) is 30.7 Å². The number of nitrogens with one attached hydrogen (secondary N) is 1. The molecular formula is C15H23ClFNO2. The van der Waals surface area contributed by atoms with Gasteiger partial charge in [0.2, 0.25) is 0 Å². The number of ether oxygens (including phenoxy) is 2. The van der Waals surface area contributed by atoms with E-state index < -0.39 is 0 Å². The molecule has 0 amide bonds. The molecule has 0 bridgehead atoms. The van der Waals surface area contributed by atoms with Gasteiger partial charge in [0.1, 0.15) is 0 Å². The summed E-state index contributed by atoms with van der Waals surface area (Å²) in [4.78, 5) is 0. The molecule has 20 heavy (non-hydrogen) atoms. The fraction of sp³-hybridized carbons (Fsp3) is 0.600. The summed E-state index contributed by atoms with van der Waals surface area (Å²) in [5.41, 5.74) is 1.01. The lowest BCUT2D eigenvalue weighted by molar-refractivity contribution is 0.169. The van der Waals surface area contributed by atoms with E-state index in [0.717, 1.165) is 37.9 Å². The Kier molecular flexibility index (Phi) is 7.88. The summed E-state index contributed by atoms with van der Waals surface area (Å²) in [6, 6.07) is 5.23. The smallest absolute Gasteiger partial charge is 0.165 e. The maximum Gasteiger partial charge on any atom is 0.165 e. The van der Waals surface area contributed by atoms with Crippen LogP contribution in [0, 0.1) is 5.82 Å². The number of rotatable bonds is 6. The first-order valence-corrected chi connectivity index (χ1v) is 6.94. The van der Waals surface area contributed by atoms with Crippen molar-refractivity contribution in [3.8, 4) is 5.75 Å². The van der Waals surface area contributed by atoms with Crippen molar-refractivity contribution >= 4 is 12.4 Å². The van der Waals surface area contributed by atoms with Gasteiger partial charge in [-0.15, -0.1) is 12.4 Å². The van der Waals surface area contributed by atoms with Gasteiger partial charge in [-0.1, -0.05) is 12.1 Å². The quantitative estimate of drug-likeness (QED) is 0.819. The molecule has 0 aromatic heterocycles. The number of piperidine rings is 1. The van der Waals surface area contributed by atoms with Gasteiger partial charge in [-0.3, -0.25) is 0 Å². The molecule has 114 valence electrons. The molecule has 2 rings (SSSR count). The first-order chi connectivity index (χ1) is 9.33.